The molecule has 0 heterocycles. The molecule has 0 aliphatic carbocycles. The van der Waals surface area contributed by atoms with Crippen molar-refractivity contribution in [2.45, 2.75) is 33.4 Å². The Hall–Kier alpha value is -2.08. The van der Waals surface area contributed by atoms with Crippen LogP contribution in [0.25, 0.3) is 0 Å². The number of carbonyl (C=O) groups excluding carboxylic acids is 1. The number of amides is 1. The van der Waals surface area contributed by atoms with E-state index in [1.165, 1.54) is 0 Å². The Morgan fingerprint density at radius 2 is 1.90 bits per heavy atom. The predicted molar refractivity (Wildman–Crippen MR) is 83.1 cm³/mol. The van der Waals surface area contributed by atoms with E-state index in [-0.39, 0.29) is 17.8 Å². The van der Waals surface area contributed by atoms with E-state index in [1.807, 2.05) is 19.1 Å². The van der Waals surface area contributed by atoms with Crippen molar-refractivity contribution in [3.8, 4) is 0 Å². The lowest BCUT2D eigenvalue weighted by Gasteiger charge is -2.15. The van der Waals surface area contributed by atoms with Gasteiger partial charge in [-0.15, -0.1) is 0 Å². The van der Waals surface area contributed by atoms with Gasteiger partial charge in [0.25, 0.3) is 0 Å². The molecule has 0 fully saturated rings. The summed E-state index contributed by atoms with van der Waals surface area (Å²) in [7, 11) is 0. The fourth-order valence-electron chi connectivity index (χ4n) is 1.67. The molecule has 0 radical (unpaired) electrons. The minimum absolute atomic E-state index is 0.00280. The summed E-state index contributed by atoms with van der Waals surface area (Å²) in [5.41, 5.74) is 7.17. The van der Waals surface area contributed by atoms with Gasteiger partial charge in [-0.25, -0.2) is 0 Å². The first-order valence-corrected chi connectivity index (χ1v) is 7.02. The number of nitrogens with one attached hydrogen (secondary N) is 2. The summed E-state index contributed by atoms with van der Waals surface area (Å²) in [4.78, 5) is 11.8. The Kier molecular flexibility index (Phi) is 6.68. The molecule has 0 aromatic heterocycles. The van der Waals surface area contributed by atoms with Crippen LogP contribution in [0.4, 0.5) is 0 Å². The highest BCUT2D eigenvalue weighted by molar-refractivity contribution is 5.96. The average molecular weight is 292 g/mol. The molecule has 1 rings (SSSR count). The molecule has 0 aliphatic heterocycles. The van der Waals surface area contributed by atoms with Gasteiger partial charge in [0.2, 0.25) is 5.91 Å². The fourth-order valence-corrected chi connectivity index (χ4v) is 1.67. The predicted octanol–water partition coefficient (Wildman–Crippen LogP) is 1.03. The molecule has 1 atom stereocenters. The monoisotopic (exact) mass is 292 g/mol. The number of nitrogens with two attached hydrogens (primary N) is 1. The van der Waals surface area contributed by atoms with E-state index in [0.717, 1.165) is 5.56 Å². The van der Waals surface area contributed by atoms with Crippen LogP contribution in [-0.4, -0.2) is 29.5 Å². The van der Waals surface area contributed by atoms with Crippen LogP contribution in [0, 0.1) is 5.92 Å². The van der Waals surface area contributed by atoms with Gasteiger partial charge in [0, 0.05) is 18.7 Å². The van der Waals surface area contributed by atoms with Crippen molar-refractivity contribution in [1.29, 1.82) is 0 Å². The highest BCUT2D eigenvalue weighted by atomic mass is 16.4. The van der Waals surface area contributed by atoms with Crippen molar-refractivity contribution in [3.05, 3.63) is 35.4 Å². The van der Waals surface area contributed by atoms with Crippen molar-refractivity contribution < 1.29 is 10.0 Å². The zero-order chi connectivity index (χ0) is 15.8. The quantitative estimate of drug-likeness (QED) is 0.261. The standard InChI is InChI=1S/C15H24N4O2/c1-10(2)8-18-15(20)11(3)17-9-12-4-6-13(7-5-12)14(16)19-21/h4-7,10-11,17,21H,8-9H2,1-3H3,(H2,16,19)(H,18,20). The van der Waals surface area contributed by atoms with Gasteiger partial charge in [-0.1, -0.05) is 43.3 Å². The van der Waals surface area contributed by atoms with E-state index in [2.05, 4.69) is 29.6 Å². The minimum atomic E-state index is -0.257. The molecular weight excluding hydrogens is 268 g/mol. The third kappa shape index (κ3) is 5.83. The Labute approximate surface area is 125 Å². The summed E-state index contributed by atoms with van der Waals surface area (Å²) in [5, 5.41) is 17.6. The lowest BCUT2D eigenvalue weighted by molar-refractivity contribution is -0.122. The van der Waals surface area contributed by atoms with Gasteiger partial charge >= 0.3 is 0 Å². The van der Waals surface area contributed by atoms with Crippen LogP contribution in [0.15, 0.2) is 29.4 Å². The zero-order valence-corrected chi connectivity index (χ0v) is 12.8. The van der Waals surface area contributed by atoms with Crippen LogP contribution in [0.3, 0.4) is 0 Å². The molecular formula is C15H24N4O2. The van der Waals surface area contributed by atoms with E-state index >= 15 is 0 Å². The van der Waals surface area contributed by atoms with Crippen molar-refractivity contribution in [2.75, 3.05) is 6.54 Å². The van der Waals surface area contributed by atoms with Crippen LogP contribution in [0.5, 0.6) is 0 Å². The second-order valence-electron chi connectivity index (χ2n) is 5.42. The van der Waals surface area contributed by atoms with Crippen LogP contribution in [-0.2, 0) is 11.3 Å². The van der Waals surface area contributed by atoms with Crippen LogP contribution >= 0.6 is 0 Å². The van der Waals surface area contributed by atoms with E-state index in [4.69, 9.17) is 10.9 Å². The SMILES string of the molecule is CC(C)CNC(=O)C(C)NCc1ccc(/C(N)=N/O)cc1. The summed E-state index contributed by atoms with van der Waals surface area (Å²) in [6, 6.07) is 7.04. The zero-order valence-electron chi connectivity index (χ0n) is 12.8. The van der Waals surface area contributed by atoms with Gasteiger partial charge in [0.15, 0.2) is 5.84 Å². The number of hydrogen-bond donors (Lipinski definition) is 4. The maximum Gasteiger partial charge on any atom is 0.236 e. The van der Waals surface area contributed by atoms with E-state index < -0.39 is 0 Å². The largest absolute Gasteiger partial charge is 0.409 e. The van der Waals surface area contributed by atoms with Gasteiger partial charge < -0.3 is 21.6 Å². The maximum atomic E-state index is 11.8. The molecule has 21 heavy (non-hydrogen) atoms. The number of amidine groups is 1. The molecule has 1 amide bonds. The first-order valence-electron chi connectivity index (χ1n) is 7.02. The molecule has 0 saturated heterocycles. The third-order valence-corrected chi connectivity index (χ3v) is 3.05. The van der Waals surface area contributed by atoms with Crippen LogP contribution < -0.4 is 16.4 Å². The molecule has 1 unspecified atom stereocenters. The van der Waals surface area contributed by atoms with Gasteiger partial charge in [0.05, 0.1) is 6.04 Å². The van der Waals surface area contributed by atoms with E-state index in [1.54, 1.807) is 12.1 Å². The Morgan fingerprint density at radius 3 is 2.43 bits per heavy atom. The van der Waals surface area contributed by atoms with E-state index in [9.17, 15) is 4.79 Å². The molecule has 1 aromatic carbocycles. The van der Waals surface area contributed by atoms with E-state index in [0.29, 0.717) is 24.6 Å². The molecule has 6 nitrogen and oxygen atoms in total. The van der Waals surface area contributed by atoms with Gasteiger partial charge in [-0.2, -0.15) is 0 Å². The number of oxime groups is 1. The minimum Gasteiger partial charge on any atom is -0.409 e. The Balaban J connectivity index is 2.46. The highest BCUT2D eigenvalue weighted by Crippen LogP contribution is 2.04. The summed E-state index contributed by atoms with van der Waals surface area (Å²) < 4.78 is 0. The second kappa shape index (κ2) is 8.26. The number of rotatable bonds is 7. The first kappa shape index (κ1) is 17.0. The van der Waals surface area contributed by atoms with Crippen molar-refractivity contribution in [2.24, 2.45) is 16.8 Å². The molecule has 0 aliphatic rings. The second-order valence-corrected chi connectivity index (χ2v) is 5.42. The third-order valence-electron chi connectivity index (χ3n) is 3.05. The summed E-state index contributed by atoms with van der Waals surface area (Å²) in [5.74, 6) is 0.514. The lowest BCUT2D eigenvalue weighted by Crippen LogP contribution is -2.42. The molecule has 6 heteroatoms. The molecule has 0 bridgehead atoms. The number of benzene rings is 1. The highest BCUT2D eigenvalue weighted by Gasteiger charge is 2.11. The molecule has 0 spiro atoms. The van der Waals surface area contributed by atoms with Crippen molar-refractivity contribution in [3.63, 3.8) is 0 Å². The normalized spacial score (nSPS) is 13.2. The van der Waals surface area contributed by atoms with Crippen LogP contribution in [0.1, 0.15) is 31.9 Å². The van der Waals surface area contributed by atoms with Crippen molar-refractivity contribution >= 4 is 11.7 Å². The Bertz CT molecular complexity index is 483. The van der Waals surface area contributed by atoms with Gasteiger partial charge in [-0.3, -0.25) is 4.79 Å². The van der Waals surface area contributed by atoms with Crippen molar-refractivity contribution in [1.82, 2.24) is 10.6 Å². The molecule has 116 valence electrons. The summed E-state index contributed by atoms with van der Waals surface area (Å²) in [6.45, 7) is 7.20. The number of carbonyl (C=O) groups is 1. The lowest BCUT2D eigenvalue weighted by atomic mass is 10.1. The fraction of sp³-hybridized carbons (Fsp3) is 0.467. The summed E-state index contributed by atoms with van der Waals surface area (Å²) in [6.07, 6.45) is 0. The smallest absolute Gasteiger partial charge is 0.236 e. The molecule has 0 saturated carbocycles. The summed E-state index contributed by atoms with van der Waals surface area (Å²) >= 11 is 0. The number of hydrogen-bond acceptors (Lipinski definition) is 4. The Morgan fingerprint density at radius 1 is 1.29 bits per heavy atom. The average Bonchev–Trinajstić information content (AvgIpc) is 2.49. The molecule has 5 N–H and O–H groups in total. The van der Waals surface area contributed by atoms with Gasteiger partial charge in [0.1, 0.15) is 0 Å². The molecule has 1 aromatic rings. The first-order chi connectivity index (χ1) is 9.93. The van der Waals surface area contributed by atoms with Crippen LogP contribution in [0.2, 0.25) is 0 Å². The maximum absolute atomic E-state index is 11.8. The topological polar surface area (TPSA) is 99.7 Å². The number of nitrogens with zero attached hydrogens (tertiary/aromatic N) is 1. The van der Waals surface area contributed by atoms with Gasteiger partial charge in [-0.05, 0) is 18.4 Å².